The molecule has 1 aliphatic heterocycles. The minimum atomic E-state index is -0.551. The Kier molecular flexibility index (Phi) is 6.28. The first-order valence-electron chi connectivity index (χ1n) is 11.0. The molecule has 2 aromatic carbocycles. The summed E-state index contributed by atoms with van der Waals surface area (Å²) in [7, 11) is 1.62. The number of benzene rings is 2. The number of rotatable bonds is 6. The third kappa shape index (κ3) is 4.00. The molecule has 168 valence electrons. The first-order valence-corrected chi connectivity index (χ1v) is 11.0. The molecule has 7 nitrogen and oxygen atoms in total. The molecule has 1 heterocycles. The molecule has 0 bridgehead atoms. The van der Waals surface area contributed by atoms with E-state index in [-0.39, 0.29) is 17.7 Å². The van der Waals surface area contributed by atoms with E-state index >= 15 is 0 Å². The molecule has 1 aliphatic carbocycles. The van der Waals surface area contributed by atoms with Gasteiger partial charge in [0, 0.05) is 37.5 Å². The minimum Gasteiger partial charge on any atom is -0.383 e. The van der Waals surface area contributed by atoms with Crippen molar-refractivity contribution in [1.82, 2.24) is 4.90 Å². The molecule has 1 unspecified atom stereocenters. The van der Waals surface area contributed by atoms with Crippen molar-refractivity contribution >= 4 is 29.1 Å². The number of fused-ring (bicyclic) bond motifs is 1. The molecule has 1 spiro atoms. The van der Waals surface area contributed by atoms with Gasteiger partial charge in [0.2, 0.25) is 11.8 Å². The van der Waals surface area contributed by atoms with E-state index in [1.54, 1.807) is 31.4 Å². The van der Waals surface area contributed by atoms with Gasteiger partial charge in [-0.2, -0.15) is 0 Å². The number of ether oxygens (including phenoxy) is 1. The summed E-state index contributed by atoms with van der Waals surface area (Å²) in [5, 5.41) is 5.78. The zero-order chi connectivity index (χ0) is 22.7. The molecule has 1 atom stereocenters. The summed E-state index contributed by atoms with van der Waals surface area (Å²) in [4.78, 5) is 40.3. The van der Waals surface area contributed by atoms with E-state index in [9.17, 15) is 14.4 Å². The largest absolute Gasteiger partial charge is 0.383 e. The van der Waals surface area contributed by atoms with Gasteiger partial charge in [-0.15, -0.1) is 0 Å². The second-order valence-electron chi connectivity index (χ2n) is 8.53. The Morgan fingerprint density at radius 2 is 1.66 bits per heavy atom. The Balaban J connectivity index is 1.69. The highest BCUT2D eigenvalue weighted by atomic mass is 16.5. The van der Waals surface area contributed by atoms with Gasteiger partial charge in [-0.3, -0.25) is 14.4 Å². The van der Waals surface area contributed by atoms with Gasteiger partial charge in [0.1, 0.15) is 0 Å². The number of hydrogen-bond acceptors (Lipinski definition) is 4. The molecular weight excluding hydrogens is 406 g/mol. The van der Waals surface area contributed by atoms with Gasteiger partial charge >= 0.3 is 0 Å². The number of carbonyl (C=O) groups excluding carboxylic acids is 3. The molecule has 2 aliphatic rings. The molecule has 32 heavy (non-hydrogen) atoms. The molecule has 2 N–H and O–H groups in total. The first-order chi connectivity index (χ1) is 15.5. The van der Waals surface area contributed by atoms with Crippen LogP contribution < -0.4 is 10.6 Å². The van der Waals surface area contributed by atoms with Gasteiger partial charge in [-0.1, -0.05) is 31.0 Å². The maximum atomic E-state index is 13.7. The summed E-state index contributed by atoms with van der Waals surface area (Å²) in [6.45, 7) is 2.33. The van der Waals surface area contributed by atoms with Crippen LogP contribution in [0, 0.1) is 0 Å². The summed E-state index contributed by atoms with van der Waals surface area (Å²) in [5.74, 6) is -0.764. The average molecular weight is 436 g/mol. The molecule has 4 rings (SSSR count). The van der Waals surface area contributed by atoms with Crippen LogP contribution in [-0.2, 0) is 14.3 Å². The number of carbonyl (C=O) groups is 3. The fraction of sp³-hybridized carbons (Fsp3) is 0.400. The van der Waals surface area contributed by atoms with E-state index < -0.39 is 11.5 Å². The van der Waals surface area contributed by atoms with Crippen LogP contribution in [0.2, 0.25) is 0 Å². The molecule has 7 heteroatoms. The van der Waals surface area contributed by atoms with Crippen LogP contribution in [0.3, 0.4) is 0 Å². The number of hydrogen-bond donors (Lipinski definition) is 2. The van der Waals surface area contributed by atoms with Crippen LogP contribution in [0.4, 0.5) is 11.4 Å². The van der Waals surface area contributed by atoms with Crippen molar-refractivity contribution in [3.63, 3.8) is 0 Å². The van der Waals surface area contributed by atoms with Crippen molar-refractivity contribution < 1.29 is 19.1 Å². The maximum Gasteiger partial charge on any atom is 0.254 e. The quantitative estimate of drug-likeness (QED) is 0.723. The van der Waals surface area contributed by atoms with Crippen molar-refractivity contribution in [3.05, 3.63) is 59.7 Å². The average Bonchev–Trinajstić information content (AvgIpc) is 3.24. The van der Waals surface area contributed by atoms with E-state index in [4.69, 9.17) is 4.74 Å². The van der Waals surface area contributed by atoms with E-state index in [0.29, 0.717) is 30.1 Å². The number of amides is 3. The Morgan fingerprint density at radius 3 is 2.28 bits per heavy atom. The first kappa shape index (κ1) is 22.0. The second-order valence-corrected chi connectivity index (χ2v) is 8.53. The molecule has 3 amide bonds. The Morgan fingerprint density at radius 1 is 1.03 bits per heavy atom. The predicted molar refractivity (Wildman–Crippen MR) is 123 cm³/mol. The monoisotopic (exact) mass is 435 g/mol. The standard InChI is InChI=1S/C25H29N3O4/c1-17(29)26-18-9-11-19(12-10-18)27-23(30)22-20-7-3-4-8-21(20)24(31)28(15-16-32-2)25(22)13-5-6-14-25/h3-4,7-12,22H,5-6,13-16H2,1-2H3,(H,26,29)(H,27,30). The van der Waals surface area contributed by atoms with Crippen molar-refractivity contribution in [2.75, 3.05) is 30.9 Å². The lowest BCUT2D eigenvalue weighted by molar-refractivity contribution is -0.121. The van der Waals surface area contributed by atoms with Gasteiger partial charge in [-0.25, -0.2) is 0 Å². The van der Waals surface area contributed by atoms with E-state index in [2.05, 4.69) is 10.6 Å². The summed E-state index contributed by atoms with van der Waals surface area (Å²) < 4.78 is 5.29. The lowest BCUT2D eigenvalue weighted by atomic mass is 9.71. The van der Waals surface area contributed by atoms with Crippen LogP contribution in [0.1, 0.15) is 54.4 Å². The van der Waals surface area contributed by atoms with Crippen LogP contribution >= 0.6 is 0 Å². The molecule has 0 aromatic heterocycles. The van der Waals surface area contributed by atoms with Gasteiger partial charge in [0.05, 0.1) is 18.1 Å². The summed E-state index contributed by atoms with van der Waals surface area (Å²) in [6, 6.07) is 14.5. The highest BCUT2D eigenvalue weighted by molar-refractivity contribution is 6.05. The molecule has 1 fully saturated rings. The van der Waals surface area contributed by atoms with Crippen molar-refractivity contribution in [3.8, 4) is 0 Å². The summed E-state index contributed by atoms with van der Waals surface area (Å²) in [5.41, 5.74) is 2.14. The number of anilines is 2. The molecular formula is C25H29N3O4. The van der Waals surface area contributed by atoms with Gasteiger partial charge in [0.15, 0.2) is 0 Å². The van der Waals surface area contributed by atoms with E-state index in [1.165, 1.54) is 6.92 Å². The topological polar surface area (TPSA) is 87.7 Å². The maximum absolute atomic E-state index is 13.7. The Hall–Kier alpha value is -3.19. The van der Waals surface area contributed by atoms with Gasteiger partial charge < -0.3 is 20.3 Å². The zero-order valence-electron chi connectivity index (χ0n) is 18.5. The highest BCUT2D eigenvalue weighted by Gasteiger charge is 2.55. The molecule has 2 aromatic rings. The SMILES string of the molecule is COCCN1C(=O)c2ccccc2C(C(=O)Nc2ccc(NC(C)=O)cc2)C12CCCC2. The van der Waals surface area contributed by atoms with E-state index in [1.807, 2.05) is 29.2 Å². The molecule has 0 saturated heterocycles. The van der Waals surface area contributed by atoms with Crippen LogP contribution in [0.25, 0.3) is 0 Å². The van der Waals surface area contributed by atoms with Gasteiger partial charge in [-0.05, 0) is 48.7 Å². The number of methoxy groups -OCH3 is 1. The highest BCUT2D eigenvalue weighted by Crippen LogP contribution is 2.50. The summed E-state index contributed by atoms with van der Waals surface area (Å²) >= 11 is 0. The Bertz CT molecular complexity index is 1010. The van der Waals surface area contributed by atoms with Crippen molar-refractivity contribution in [1.29, 1.82) is 0 Å². The van der Waals surface area contributed by atoms with Crippen LogP contribution in [-0.4, -0.2) is 48.4 Å². The number of nitrogens with zero attached hydrogens (tertiary/aromatic N) is 1. The van der Waals surface area contributed by atoms with Crippen molar-refractivity contribution in [2.45, 2.75) is 44.1 Å². The molecule has 0 radical (unpaired) electrons. The molecule has 1 saturated carbocycles. The fourth-order valence-electron chi connectivity index (χ4n) is 5.23. The van der Waals surface area contributed by atoms with Gasteiger partial charge in [0.25, 0.3) is 5.91 Å². The normalized spacial score (nSPS) is 19.0. The zero-order valence-corrected chi connectivity index (χ0v) is 18.5. The predicted octanol–water partition coefficient (Wildman–Crippen LogP) is 3.78. The fourth-order valence-corrected chi connectivity index (χ4v) is 5.23. The lowest BCUT2D eigenvalue weighted by Crippen LogP contribution is -2.60. The third-order valence-electron chi connectivity index (χ3n) is 6.55. The smallest absolute Gasteiger partial charge is 0.254 e. The second kappa shape index (κ2) is 9.12. The van der Waals surface area contributed by atoms with E-state index in [0.717, 1.165) is 31.2 Å². The minimum absolute atomic E-state index is 0.0248. The third-order valence-corrected chi connectivity index (χ3v) is 6.55. The number of nitrogens with one attached hydrogen (secondary N) is 2. The van der Waals surface area contributed by atoms with Crippen molar-refractivity contribution in [2.24, 2.45) is 0 Å². The summed E-state index contributed by atoms with van der Waals surface area (Å²) in [6.07, 6.45) is 3.54. The van der Waals surface area contributed by atoms with Crippen LogP contribution in [0.5, 0.6) is 0 Å². The van der Waals surface area contributed by atoms with Crippen LogP contribution in [0.15, 0.2) is 48.5 Å². The Labute approximate surface area is 188 Å². The lowest BCUT2D eigenvalue weighted by Gasteiger charge is -2.50.